The second-order valence-corrected chi connectivity index (χ2v) is 5.11. The lowest BCUT2D eigenvalue weighted by molar-refractivity contribution is -0.136. The summed E-state index contributed by atoms with van der Waals surface area (Å²) in [7, 11) is 0. The number of furan rings is 1. The van der Waals surface area contributed by atoms with E-state index in [1.165, 1.54) is 0 Å². The number of amides is 1. The van der Waals surface area contributed by atoms with Gasteiger partial charge in [-0.1, -0.05) is 6.92 Å². The van der Waals surface area contributed by atoms with E-state index in [-0.39, 0.29) is 11.8 Å². The molecule has 1 saturated carbocycles. The Hall–Kier alpha value is -1.29. The molecule has 0 aliphatic heterocycles. The molecule has 100 valence electrons. The van der Waals surface area contributed by atoms with Gasteiger partial charge in [-0.05, 0) is 44.4 Å². The van der Waals surface area contributed by atoms with E-state index >= 15 is 0 Å². The normalized spacial score (nSPS) is 16.6. The molecule has 1 unspecified atom stereocenters. The van der Waals surface area contributed by atoms with Gasteiger partial charge in [-0.3, -0.25) is 4.79 Å². The summed E-state index contributed by atoms with van der Waals surface area (Å²) in [6, 6.07) is 4.21. The van der Waals surface area contributed by atoms with E-state index in [4.69, 9.17) is 10.2 Å². The molecule has 1 atom stereocenters. The van der Waals surface area contributed by atoms with Crippen LogP contribution in [0.1, 0.15) is 38.4 Å². The quantitative estimate of drug-likeness (QED) is 0.806. The standard InChI is InChI=1S/C14H22N2O2/c1-11(4-2-8-15)14(17)16(12-6-7-12)10-13-5-3-9-18-13/h3,5,9,11-12H,2,4,6-8,10,15H2,1H3. The van der Waals surface area contributed by atoms with Gasteiger partial charge < -0.3 is 15.1 Å². The fourth-order valence-electron chi connectivity index (χ4n) is 2.17. The summed E-state index contributed by atoms with van der Waals surface area (Å²) in [5.41, 5.74) is 5.49. The SMILES string of the molecule is CC(CCCN)C(=O)N(Cc1ccco1)C1CC1. The van der Waals surface area contributed by atoms with Crippen LogP contribution in [0.15, 0.2) is 22.8 Å². The lowest BCUT2D eigenvalue weighted by atomic mass is 10.0. The smallest absolute Gasteiger partial charge is 0.226 e. The maximum absolute atomic E-state index is 12.4. The van der Waals surface area contributed by atoms with Gasteiger partial charge in [0.1, 0.15) is 5.76 Å². The molecule has 1 heterocycles. The fourth-order valence-corrected chi connectivity index (χ4v) is 2.17. The maximum atomic E-state index is 12.4. The van der Waals surface area contributed by atoms with Crippen molar-refractivity contribution in [3.05, 3.63) is 24.2 Å². The van der Waals surface area contributed by atoms with Crippen LogP contribution >= 0.6 is 0 Å². The molecule has 0 bridgehead atoms. The maximum Gasteiger partial charge on any atom is 0.226 e. The molecule has 0 saturated heterocycles. The van der Waals surface area contributed by atoms with Gasteiger partial charge in [0.15, 0.2) is 0 Å². The predicted molar refractivity (Wildman–Crippen MR) is 69.7 cm³/mol. The minimum atomic E-state index is 0.0594. The van der Waals surface area contributed by atoms with Gasteiger partial charge in [-0.15, -0.1) is 0 Å². The lowest BCUT2D eigenvalue weighted by Gasteiger charge is -2.24. The number of nitrogens with zero attached hydrogens (tertiary/aromatic N) is 1. The minimum absolute atomic E-state index is 0.0594. The van der Waals surface area contributed by atoms with Crippen LogP contribution in [0.25, 0.3) is 0 Å². The third-order valence-corrected chi connectivity index (χ3v) is 3.44. The average Bonchev–Trinajstić information content (AvgIpc) is 3.09. The van der Waals surface area contributed by atoms with Crippen molar-refractivity contribution in [2.45, 2.75) is 45.2 Å². The Labute approximate surface area is 108 Å². The van der Waals surface area contributed by atoms with Crippen molar-refractivity contribution in [3.8, 4) is 0 Å². The molecule has 1 aliphatic rings. The number of nitrogens with two attached hydrogens (primary N) is 1. The lowest BCUT2D eigenvalue weighted by Crippen LogP contribution is -2.36. The van der Waals surface area contributed by atoms with E-state index in [9.17, 15) is 4.79 Å². The van der Waals surface area contributed by atoms with Crippen molar-refractivity contribution in [2.24, 2.45) is 11.7 Å². The molecule has 1 fully saturated rings. The molecule has 2 N–H and O–H groups in total. The molecule has 0 aromatic carbocycles. The highest BCUT2D eigenvalue weighted by Crippen LogP contribution is 2.30. The van der Waals surface area contributed by atoms with Crippen LogP contribution in [-0.4, -0.2) is 23.4 Å². The first-order valence-corrected chi connectivity index (χ1v) is 6.75. The zero-order valence-corrected chi connectivity index (χ0v) is 11.0. The number of hydrogen-bond acceptors (Lipinski definition) is 3. The molecule has 1 aliphatic carbocycles. The Morgan fingerprint density at radius 3 is 2.94 bits per heavy atom. The highest BCUT2D eigenvalue weighted by Gasteiger charge is 2.34. The first kappa shape index (κ1) is 13.1. The molecule has 1 amide bonds. The van der Waals surface area contributed by atoms with E-state index in [1.807, 2.05) is 24.0 Å². The summed E-state index contributed by atoms with van der Waals surface area (Å²) < 4.78 is 5.34. The van der Waals surface area contributed by atoms with Gasteiger partial charge in [0, 0.05) is 12.0 Å². The van der Waals surface area contributed by atoms with Crippen molar-refractivity contribution in [3.63, 3.8) is 0 Å². The molecule has 1 aromatic heterocycles. The first-order valence-electron chi connectivity index (χ1n) is 6.75. The van der Waals surface area contributed by atoms with Crippen LogP contribution in [0.3, 0.4) is 0 Å². The Morgan fingerprint density at radius 1 is 1.61 bits per heavy atom. The van der Waals surface area contributed by atoms with Crippen LogP contribution in [0.5, 0.6) is 0 Å². The minimum Gasteiger partial charge on any atom is -0.467 e. The summed E-state index contributed by atoms with van der Waals surface area (Å²) in [6.45, 7) is 3.25. The fraction of sp³-hybridized carbons (Fsp3) is 0.643. The molecular weight excluding hydrogens is 228 g/mol. The Bertz CT molecular complexity index is 371. The molecule has 1 aromatic rings. The van der Waals surface area contributed by atoms with E-state index in [2.05, 4.69) is 0 Å². The van der Waals surface area contributed by atoms with E-state index in [0.29, 0.717) is 19.1 Å². The summed E-state index contributed by atoms with van der Waals surface area (Å²) in [6.07, 6.45) is 5.68. The van der Waals surface area contributed by atoms with Gasteiger partial charge in [-0.2, -0.15) is 0 Å². The molecule has 2 rings (SSSR count). The molecule has 0 spiro atoms. The highest BCUT2D eigenvalue weighted by molar-refractivity contribution is 5.79. The summed E-state index contributed by atoms with van der Waals surface area (Å²) in [5, 5.41) is 0. The Morgan fingerprint density at radius 2 is 2.39 bits per heavy atom. The number of hydrogen-bond donors (Lipinski definition) is 1. The van der Waals surface area contributed by atoms with Gasteiger partial charge >= 0.3 is 0 Å². The van der Waals surface area contributed by atoms with Crippen molar-refractivity contribution < 1.29 is 9.21 Å². The van der Waals surface area contributed by atoms with Crippen LogP contribution in [0.4, 0.5) is 0 Å². The second kappa shape index (κ2) is 6.05. The monoisotopic (exact) mass is 250 g/mol. The van der Waals surface area contributed by atoms with Crippen molar-refractivity contribution in [1.29, 1.82) is 0 Å². The van der Waals surface area contributed by atoms with Crippen molar-refractivity contribution in [1.82, 2.24) is 4.90 Å². The van der Waals surface area contributed by atoms with Crippen LogP contribution < -0.4 is 5.73 Å². The van der Waals surface area contributed by atoms with E-state index in [1.54, 1.807) is 6.26 Å². The van der Waals surface area contributed by atoms with E-state index in [0.717, 1.165) is 31.4 Å². The zero-order valence-electron chi connectivity index (χ0n) is 11.0. The van der Waals surface area contributed by atoms with Crippen molar-refractivity contribution in [2.75, 3.05) is 6.54 Å². The van der Waals surface area contributed by atoms with Gasteiger partial charge in [0.2, 0.25) is 5.91 Å². The number of rotatable bonds is 7. The molecule has 0 radical (unpaired) electrons. The largest absolute Gasteiger partial charge is 0.467 e. The number of carbonyl (C=O) groups is 1. The topological polar surface area (TPSA) is 59.5 Å². The first-order chi connectivity index (χ1) is 8.72. The zero-order chi connectivity index (χ0) is 13.0. The molecular formula is C14H22N2O2. The summed E-state index contributed by atoms with van der Waals surface area (Å²) in [5.74, 6) is 1.16. The van der Waals surface area contributed by atoms with E-state index < -0.39 is 0 Å². The average molecular weight is 250 g/mol. The van der Waals surface area contributed by atoms with Gasteiger partial charge in [0.05, 0.1) is 12.8 Å². The molecule has 4 nitrogen and oxygen atoms in total. The van der Waals surface area contributed by atoms with Crippen LogP contribution in [-0.2, 0) is 11.3 Å². The van der Waals surface area contributed by atoms with Crippen LogP contribution in [0, 0.1) is 5.92 Å². The van der Waals surface area contributed by atoms with Crippen molar-refractivity contribution >= 4 is 5.91 Å². The summed E-state index contributed by atoms with van der Waals surface area (Å²) >= 11 is 0. The third kappa shape index (κ3) is 3.35. The second-order valence-electron chi connectivity index (χ2n) is 5.11. The third-order valence-electron chi connectivity index (χ3n) is 3.44. The number of carbonyl (C=O) groups excluding carboxylic acids is 1. The summed E-state index contributed by atoms with van der Waals surface area (Å²) in [4.78, 5) is 14.4. The molecule has 18 heavy (non-hydrogen) atoms. The Kier molecular flexibility index (Phi) is 4.42. The molecule has 4 heteroatoms. The predicted octanol–water partition coefficient (Wildman–Crippen LogP) is 2.15. The Balaban J connectivity index is 1.94. The van der Waals surface area contributed by atoms with Crippen LogP contribution in [0.2, 0.25) is 0 Å². The van der Waals surface area contributed by atoms with Gasteiger partial charge in [-0.25, -0.2) is 0 Å². The van der Waals surface area contributed by atoms with Gasteiger partial charge in [0.25, 0.3) is 0 Å². The highest BCUT2D eigenvalue weighted by atomic mass is 16.3.